The number of carbonyl (C=O) groups is 6. The van der Waals surface area contributed by atoms with Gasteiger partial charge in [0.2, 0.25) is 0 Å². The van der Waals surface area contributed by atoms with Gasteiger partial charge in [0.25, 0.3) is 0 Å². The number of hydrogen-bond acceptors (Lipinski definition) is 8. The Labute approximate surface area is 304 Å². The van der Waals surface area contributed by atoms with Gasteiger partial charge in [0.1, 0.15) is 13.2 Å². The van der Waals surface area contributed by atoms with Crippen molar-refractivity contribution >= 4 is 51.2 Å². The molecule has 9 nitrogen and oxygen atoms in total. The van der Waals surface area contributed by atoms with Crippen LogP contribution in [0.15, 0.2) is 133 Å². The van der Waals surface area contributed by atoms with Crippen molar-refractivity contribution in [2.45, 2.75) is 27.1 Å². The first kappa shape index (κ1) is 39.4. The van der Waals surface area contributed by atoms with E-state index in [9.17, 15) is 28.8 Å². The third-order valence-electron chi connectivity index (χ3n) is 6.99. The van der Waals surface area contributed by atoms with E-state index in [4.69, 9.17) is 14.6 Å². The van der Waals surface area contributed by atoms with E-state index in [0.29, 0.717) is 27.8 Å². The summed E-state index contributed by atoms with van der Waals surface area (Å²) in [7, 11) is 0. The van der Waals surface area contributed by atoms with E-state index in [2.05, 4.69) is 15.9 Å². The standard InChI is InChI=1S/C16H13BrO3.C16H14O3.C9H8O3/c17-10-15(18)13-7-4-8-14(9-13)16(19)20-11-12-5-2-1-3-6-12;1-12(17)14-8-5-9-15(10-14)16(18)19-11-13-6-3-2-4-7-13;1-6(10)7-3-2-4-8(5-7)9(11)12/h1-9H,10-11H2;2-10H,11H2,1H3;2-5H,1H3,(H,11,12). The first-order chi connectivity index (χ1) is 24.5. The van der Waals surface area contributed by atoms with Gasteiger partial charge in [-0.3, -0.25) is 14.4 Å². The summed E-state index contributed by atoms with van der Waals surface area (Å²) in [4.78, 5) is 67.9. The van der Waals surface area contributed by atoms with Crippen molar-refractivity contribution < 1.29 is 43.3 Å². The van der Waals surface area contributed by atoms with Gasteiger partial charge in [-0.1, -0.05) is 113 Å². The van der Waals surface area contributed by atoms with Crippen LogP contribution in [0, 0.1) is 0 Å². The van der Waals surface area contributed by atoms with Gasteiger partial charge in [0, 0.05) is 16.7 Å². The molecule has 0 aliphatic carbocycles. The van der Waals surface area contributed by atoms with Crippen molar-refractivity contribution in [3.8, 4) is 0 Å². The summed E-state index contributed by atoms with van der Waals surface area (Å²) < 4.78 is 10.4. The number of benzene rings is 5. The topological polar surface area (TPSA) is 141 Å². The van der Waals surface area contributed by atoms with Gasteiger partial charge in [-0.05, 0) is 61.4 Å². The summed E-state index contributed by atoms with van der Waals surface area (Å²) in [6, 6.07) is 38.0. The minimum absolute atomic E-state index is 0.0669. The van der Waals surface area contributed by atoms with Crippen molar-refractivity contribution in [2.24, 2.45) is 0 Å². The van der Waals surface area contributed by atoms with Crippen LogP contribution in [0.3, 0.4) is 0 Å². The second-order valence-corrected chi connectivity index (χ2v) is 11.4. The number of hydrogen-bond donors (Lipinski definition) is 1. The summed E-state index contributed by atoms with van der Waals surface area (Å²) in [5.41, 5.74) is 4.20. The number of carboxylic acids is 1. The smallest absolute Gasteiger partial charge is 0.338 e. The second-order valence-electron chi connectivity index (χ2n) is 10.8. The number of Topliss-reactive ketones (excluding diaryl/α,β-unsaturated/α-hetero) is 3. The van der Waals surface area contributed by atoms with E-state index in [1.165, 1.54) is 26.0 Å². The average Bonchev–Trinajstić information content (AvgIpc) is 3.17. The van der Waals surface area contributed by atoms with Crippen LogP contribution < -0.4 is 0 Å². The summed E-state index contributed by atoms with van der Waals surface area (Å²) in [5.74, 6) is -2.14. The maximum Gasteiger partial charge on any atom is 0.338 e. The highest BCUT2D eigenvalue weighted by Crippen LogP contribution is 2.12. The molecule has 0 fully saturated rings. The minimum Gasteiger partial charge on any atom is -0.478 e. The molecule has 0 spiro atoms. The maximum absolute atomic E-state index is 11.9. The molecule has 0 bridgehead atoms. The summed E-state index contributed by atoms with van der Waals surface area (Å²) in [6.07, 6.45) is 0. The molecule has 0 aliphatic heterocycles. The fraction of sp³-hybridized carbons (Fsp3) is 0.122. The number of ketones is 3. The molecule has 5 aromatic rings. The van der Waals surface area contributed by atoms with Crippen LogP contribution in [0.1, 0.15) is 87.1 Å². The minimum atomic E-state index is -1.02. The maximum atomic E-state index is 11.9. The molecule has 0 heterocycles. The zero-order chi connectivity index (χ0) is 37.2. The zero-order valence-corrected chi connectivity index (χ0v) is 29.5. The third-order valence-corrected chi connectivity index (χ3v) is 7.50. The lowest BCUT2D eigenvalue weighted by Crippen LogP contribution is -2.07. The molecule has 0 aliphatic rings. The Balaban J connectivity index is 0.000000213. The normalized spacial score (nSPS) is 9.86. The number of carboxylic acid groups (broad SMARTS) is 1. The highest BCUT2D eigenvalue weighted by atomic mass is 79.9. The Bertz CT molecular complexity index is 1940. The molecule has 1 N–H and O–H groups in total. The molecule has 0 saturated heterocycles. The Morgan fingerprint density at radius 1 is 0.490 bits per heavy atom. The Kier molecular flexibility index (Phi) is 15.9. The Morgan fingerprint density at radius 2 is 0.843 bits per heavy atom. The van der Waals surface area contributed by atoms with E-state index >= 15 is 0 Å². The van der Waals surface area contributed by atoms with E-state index in [1.54, 1.807) is 60.7 Å². The molecule has 5 rings (SSSR count). The lowest BCUT2D eigenvalue weighted by atomic mass is 10.1. The van der Waals surface area contributed by atoms with Gasteiger partial charge in [0.05, 0.1) is 22.0 Å². The number of esters is 2. The quantitative estimate of drug-likeness (QED) is 0.0800. The fourth-order valence-corrected chi connectivity index (χ4v) is 4.57. The highest BCUT2D eigenvalue weighted by Gasteiger charge is 2.12. The van der Waals surface area contributed by atoms with Gasteiger partial charge < -0.3 is 14.6 Å². The Hall–Kier alpha value is -6.00. The first-order valence-electron chi connectivity index (χ1n) is 15.5. The largest absolute Gasteiger partial charge is 0.478 e. The number of ether oxygens (including phenoxy) is 2. The van der Waals surface area contributed by atoms with Gasteiger partial charge in [0.15, 0.2) is 17.3 Å². The Morgan fingerprint density at radius 3 is 1.24 bits per heavy atom. The lowest BCUT2D eigenvalue weighted by Gasteiger charge is -2.06. The number of carbonyl (C=O) groups excluding carboxylic acids is 5. The van der Waals surface area contributed by atoms with Crippen molar-refractivity contribution in [2.75, 3.05) is 5.33 Å². The molecular formula is C41H35BrO9. The van der Waals surface area contributed by atoms with Crippen LogP contribution in [-0.4, -0.2) is 45.7 Å². The van der Waals surface area contributed by atoms with Crippen LogP contribution in [0.2, 0.25) is 0 Å². The molecule has 10 heteroatoms. The fourth-order valence-electron chi connectivity index (χ4n) is 4.25. The van der Waals surface area contributed by atoms with Gasteiger partial charge >= 0.3 is 17.9 Å². The van der Waals surface area contributed by atoms with Crippen LogP contribution in [0.4, 0.5) is 0 Å². The van der Waals surface area contributed by atoms with Crippen LogP contribution in [0.5, 0.6) is 0 Å². The van der Waals surface area contributed by atoms with Crippen LogP contribution in [-0.2, 0) is 22.7 Å². The molecule has 0 aromatic heterocycles. The highest BCUT2D eigenvalue weighted by molar-refractivity contribution is 9.09. The molecule has 0 atom stereocenters. The van der Waals surface area contributed by atoms with Crippen molar-refractivity contribution in [1.29, 1.82) is 0 Å². The van der Waals surface area contributed by atoms with Gasteiger partial charge in [-0.15, -0.1) is 0 Å². The van der Waals surface area contributed by atoms with Crippen molar-refractivity contribution in [1.82, 2.24) is 0 Å². The molecular weight excluding hydrogens is 716 g/mol. The van der Waals surface area contributed by atoms with E-state index < -0.39 is 17.9 Å². The average molecular weight is 752 g/mol. The molecule has 260 valence electrons. The second kappa shape index (κ2) is 20.5. The summed E-state index contributed by atoms with van der Waals surface area (Å²) >= 11 is 3.11. The molecule has 0 radical (unpaired) electrons. The van der Waals surface area contributed by atoms with Crippen LogP contribution >= 0.6 is 15.9 Å². The summed E-state index contributed by atoms with van der Waals surface area (Å²) in [5, 5.41) is 8.81. The lowest BCUT2D eigenvalue weighted by molar-refractivity contribution is 0.0464. The van der Waals surface area contributed by atoms with Gasteiger partial charge in [-0.2, -0.15) is 0 Å². The zero-order valence-electron chi connectivity index (χ0n) is 27.9. The molecule has 5 aromatic carbocycles. The first-order valence-corrected chi connectivity index (χ1v) is 16.7. The number of alkyl halides is 1. The van der Waals surface area contributed by atoms with E-state index in [0.717, 1.165) is 11.1 Å². The number of halogens is 1. The molecule has 51 heavy (non-hydrogen) atoms. The molecule has 0 amide bonds. The monoisotopic (exact) mass is 750 g/mol. The SMILES string of the molecule is CC(=O)c1cccc(C(=O)O)c1.CC(=O)c1cccc(C(=O)OCc2ccccc2)c1.O=C(CBr)c1cccc(C(=O)OCc2ccccc2)c1. The molecule has 0 unspecified atom stereocenters. The summed E-state index contributed by atoms with van der Waals surface area (Å²) in [6.45, 7) is 3.32. The number of aromatic carboxylic acids is 1. The van der Waals surface area contributed by atoms with Crippen LogP contribution in [0.25, 0.3) is 0 Å². The van der Waals surface area contributed by atoms with E-state index in [-0.39, 0.29) is 41.5 Å². The van der Waals surface area contributed by atoms with Gasteiger partial charge in [-0.25, -0.2) is 14.4 Å². The third kappa shape index (κ3) is 13.4. The predicted octanol–water partition coefficient (Wildman–Crippen LogP) is 8.45. The predicted molar refractivity (Wildman–Crippen MR) is 196 cm³/mol. The van der Waals surface area contributed by atoms with Crippen molar-refractivity contribution in [3.63, 3.8) is 0 Å². The van der Waals surface area contributed by atoms with E-state index in [1.807, 2.05) is 60.7 Å². The van der Waals surface area contributed by atoms with Crippen molar-refractivity contribution in [3.05, 3.63) is 178 Å². The molecule has 0 saturated carbocycles. The number of rotatable bonds is 11.